The van der Waals surface area contributed by atoms with Crippen LogP contribution in [0.1, 0.15) is 32.6 Å². The summed E-state index contributed by atoms with van der Waals surface area (Å²) in [5.41, 5.74) is 0. The molecule has 6 nitrogen and oxygen atoms in total. The molecule has 7 heteroatoms. The molecule has 0 unspecified atom stereocenters. The molecule has 1 heterocycles. The van der Waals surface area contributed by atoms with E-state index >= 15 is 0 Å². The first-order chi connectivity index (χ1) is 11.3. The first kappa shape index (κ1) is 18.7. The second-order valence-electron chi connectivity index (χ2n) is 6.25. The largest absolute Gasteiger partial charge is 0.492 e. The topological polar surface area (TPSA) is 83.9 Å². The molecule has 0 saturated carbocycles. The zero-order valence-electron chi connectivity index (χ0n) is 14.2. The van der Waals surface area contributed by atoms with E-state index in [-0.39, 0.29) is 23.5 Å². The molecule has 0 atom stereocenters. The Hall–Kier alpha value is -1.60. The van der Waals surface area contributed by atoms with Crippen LogP contribution in [-0.2, 0) is 14.6 Å². The van der Waals surface area contributed by atoms with E-state index in [9.17, 15) is 18.3 Å². The standard InChI is InChI=1S/C17H25NO5S/c1-3-4-13-23-14-7-5-6-8-15(14)24(21,22)17(16(19)20)9-11-18(2)12-10-17/h5-8H,3-4,9-13H2,1-2H3,(H,19,20). The Morgan fingerprint density at radius 3 is 2.50 bits per heavy atom. The highest BCUT2D eigenvalue weighted by molar-refractivity contribution is 7.93. The Morgan fingerprint density at radius 1 is 1.29 bits per heavy atom. The summed E-state index contributed by atoms with van der Waals surface area (Å²) in [6.07, 6.45) is 1.89. The molecule has 0 amide bonds. The van der Waals surface area contributed by atoms with Gasteiger partial charge in [-0.25, -0.2) is 8.42 Å². The Kier molecular flexibility index (Phi) is 5.87. The van der Waals surface area contributed by atoms with E-state index in [1.54, 1.807) is 18.2 Å². The highest BCUT2D eigenvalue weighted by Gasteiger charge is 2.53. The summed E-state index contributed by atoms with van der Waals surface area (Å²) in [7, 11) is -2.20. The summed E-state index contributed by atoms with van der Waals surface area (Å²) in [5, 5.41) is 9.74. The lowest BCUT2D eigenvalue weighted by molar-refractivity contribution is -0.141. The van der Waals surface area contributed by atoms with Crippen LogP contribution in [0.25, 0.3) is 0 Å². The van der Waals surface area contributed by atoms with Crippen molar-refractivity contribution >= 4 is 15.8 Å². The fraction of sp³-hybridized carbons (Fsp3) is 0.588. The lowest BCUT2D eigenvalue weighted by Gasteiger charge is -2.36. The first-order valence-electron chi connectivity index (χ1n) is 8.23. The number of carboxylic acids is 1. The smallest absolute Gasteiger partial charge is 0.325 e. The van der Waals surface area contributed by atoms with E-state index in [1.165, 1.54) is 6.07 Å². The average molecular weight is 355 g/mol. The van der Waals surface area contributed by atoms with E-state index in [4.69, 9.17) is 4.74 Å². The first-order valence-corrected chi connectivity index (χ1v) is 9.72. The van der Waals surface area contributed by atoms with Gasteiger partial charge in [0.05, 0.1) is 6.61 Å². The van der Waals surface area contributed by atoms with Gasteiger partial charge in [0.1, 0.15) is 10.6 Å². The van der Waals surface area contributed by atoms with E-state index in [2.05, 4.69) is 0 Å². The lowest BCUT2D eigenvalue weighted by atomic mass is 9.96. The maximum absolute atomic E-state index is 13.2. The van der Waals surface area contributed by atoms with Crippen LogP contribution in [0.5, 0.6) is 5.75 Å². The van der Waals surface area contributed by atoms with E-state index < -0.39 is 20.6 Å². The molecule has 0 bridgehead atoms. The van der Waals surface area contributed by atoms with Gasteiger partial charge in [0.2, 0.25) is 0 Å². The van der Waals surface area contributed by atoms with Crippen LogP contribution in [0.3, 0.4) is 0 Å². The third kappa shape index (κ3) is 3.42. The minimum atomic E-state index is -4.07. The van der Waals surface area contributed by atoms with Crippen molar-refractivity contribution in [2.45, 2.75) is 42.2 Å². The number of rotatable bonds is 7. The van der Waals surface area contributed by atoms with Crippen molar-refractivity contribution in [2.24, 2.45) is 0 Å². The van der Waals surface area contributed by atoms with Crippen LogP contribution in [0, 0.1) is 0 Å². The Labute approximate surface area is 143 Å². The summed E-state index contributed by atoms with van der Waals surface area (Å²) in [6.45, 7) is 3.30. The van der Waals surface area contributed by atoms with E-state index in [0.717, 1.165) is 12.8 Å². The van der Waals surface area contributed by atoms with E-state index in [0.29, 0.717) is 19.7 Å². The molecular weight excluding hydrogens is 330 g/mol. The average Bonchev–Trinajstić information content (AvgIpc) is 2.56. The van der Waals surface area contributed by atoms with Gasteiger partial charge in [-0.3, -0.25) is 4.79 Å². The molecule has 1 aliphatic rings. The fourth-order valence-electron chi connectivity index (χ4n) is 2.91. The molecule has 134 valence electrons. The minimum absolute atomic E-state index is 0.0203. The predicted molar refractivity (Wildman–Crippen MR) is 91.1 cm³/mol. The van der Waals surface area contributed by atoms with Crippen molar-refractivity contribution in [3.63, 3.8) is 0 Å². The molecule has 2 rings (SSSR count). The number of benzene rings is 1. The molecule has 0 radical (unpaired) electrons. The third-order valence-electron chi connectivity index (χ3n) is 4.59. The number of sulfone groups is 1. The Morgan fingerprint density at radius 2 is 1.92 bits per heavy atom. The Balaban J connectivity index is 2.43. The number of carboxylic acid groups (broad SMARTS) is 1. The van der Waals surface area contributed by atoms with Crippen LogP contribution in [0.4, 0.5) is 0 Å². The molecule has 24 heavy (non-hydrogen) atoms. The second-order valence-corrected chi connectivity index (χ2v) is 8.48. The van der Waals surface area contributed by atoms with Crippen LogP contribution in [0.15, 0.2) is 29.2 Å². The second kappa shape index (κ2) is 7.53. The molecule has 0 aromatic heterocycles. The minimum Gasteiger partial charge on any atom is -0.492 e. The summed E-state index contributed by atoms with van der Waals surface area (Å²) in [4.78, 5) is 13.9. The van der Waals surface area contributed by atoms with Gasteiger partial charge in [-0.15, -0.1) is 0 Å². The summed E-state index contributed by atoms with van der Waals surface area (Å²) >= 11 is 0. The van der Waals surface area contributed by atoms with Crippen molar-refractivity contribution in [1.29, 1.82) is 0 Å². The van der Waals surface area contributed by atoms with Crippen LogP contribution in [-0.4, -0.2) is 55.9 Å². The van der Waals surface area contributed by atoms with Gasteiger partial charge in [0.15, 0.2) is 14.6 Å². The van der Waals surface area contributed by atoms with Gasteiger partial charge in [-0.1, -0.05) is 25.5 Å². The van der Waals surface area contributed by atoms with Crippen molar-refractivity contribution in [3.8, 4) is 5.75 Å². The molecule has 1 saturated heterocycles. The maximum atomic E-state index is 13.2. The van der Waals surface area contributed by atoms with Gasteiger partial charge in [-0.2, -0.15) is 0 Å². The zero-order valence-corrected chi connectivity index (χ0v) is 15.0. The number of nitrogens with zero attached hydrogens (tertiary/aromatic N) is 1. The van der Waals surface area contributed by atoms with Crippen molar-refractivity contribution in [2.75, 3.05) is 26.7 Å². The monoisotopic (exact) mass is 355 g/mol. The van der Waals surface area contributed by atoms with Crippen LogP contribution < -0.4 is 4.74 Å². The highest BCUT2D eigenvalue weighted by atomic mass is 32.2. The number of hydrogen-bond donors (Lipinski definition) is 1. The zero-order chi connectivity index (χ0) is 17.8. The van der Waals surface area contributed by atoms with Gasteiger partial charge < -0.3 is 14.7 Å². The molecular formula is C17H25NO5S. The summed E-state index contributed by atoms with van der Waals surface area (Å²) in [5.74, 6) is -1.04. The number of carbonyl (C=O) groups is 1. The number of unbranched alkanes of at least 4 members (excludes halogenated alkanes) is 1. The molecule has 1 aromatic carbocycles. The van der Waals surface area contributed by atoms with Gasteiger partial charge in [-0.05, 0) is 51.5 Å². The third-order valence-corrected chi connectivity index (χ3v) is 7.12. The lowest BCUT2D eigenvalue weighted by Crippen LogP contribution is -2.53. The molecule has 0 spiro atoms. The number of likely N-dealkylation sites (tertiary alicyclic amines) is 1. The predicted octanol–water partition coefficient (Wildman–Crippen LogP) is 2.19. The van der Waals surface area contributed by atoms with Crippen molar-refractivity contribution in [1.82, 2.24) is 4.90 Å². The highest BCUT2D eigenvalue weighted by Crippen LogP contribution is 2.39. The van der Waals surface area contributed by atoms with E-state index in [1.807, 2.05) is 18.9 Å². The molecule has 1 aromatic rings. The summed E-state index contributed by atoms with van der Waals surface area (Å²) in [6, 6.07) is 6.33. The number of aliphatic carboxylic acids is 1. The van der Waals surface area contributed by atoms with Gasteiger partial charge in [0, 0.05) is 0 Å². The van der Waals surface area contributed by atoms with Crippen LogP contribution in [0.2, 0.25) is 0 Å². The number of hydrogen-bond acceptors (Lipinski definition) is 5. The van der Waals surface area contributed by atoms with Gasteiger partial charge in [0.25, 0.3) is 0 Å². The van der Waals surface area contributed by atoms with Crippen molar-refractivity contribution < 1.29 is 23.1 Å². The summed E-state index contributed by atoms with van der Waals surface area (Å²) < 4.78 is 30.3. The SMILES string of the molecule is CCCCOc1ccccc1S(=O)(=O)C1(C(=O)O)CCN(C)CC1. The Bertz CT molecular complexity index is 678. The van der Waals surface area contributed by atoms with Crippen LogP contribution >= 0.6 is 0 Å². The van der Waals surface area contributed by atoms with Crippen molar-refractivity contribution in [3.05, 3.63) is 24.3 Å². The maximum Gasteiger partial charge on any atom is 0.325 e. The molecule has 1 N–H and O–H groups in total. The molecule has 0 aliphatic carbocycles. The number of para-hydroxylation sites is 1. The quantitative estimate of drug-likeness (QED) is 0.755. The number of piperidine rings is 1. The normalized spacial score (nSPS) is 18.2. The number of ether oxygens (including phenoxy) is 1. The van der Waals surface area contributed by atoms with Gasteiger partial charge >= 0.3 is 5.97 Å². The molecule has 1 fully saturated rings. The fourth-order valence-corrected chi connectivity index (χ4v) is 4.93. The molecule has 1 aliphatic heterocycles.